The van der Waals surface area contributed by atoms with Crippen molar-refractivity contribution < 1.29 is 4.42 Å². The first kappa shape index (κ1) is 28.9. The van der Waals surface area contributed by atoms with E-state index < -0.39 is 0 Å². The number of nitrogens with zero attached hydrogens (tertiary/aromatic N) is 2. The SMILES string of the molecule is c1ccc(N(c2cccc(N(c3ccccc3)c3cccc4c3ccc3c5ccccc5[se]c43)c2)c2ccc3c(c2)oc2ccccc23)cc1. The molecular formula is C46H30N2OSe. The van der Waals surface area contributed by atoms with Crippen molar-refractivity contribution in [1.29, 1.82) is 0 Å². The Hall–Kier alpha value is -6.06. The molecule has 0 aliphatic rings. The maximum absolute atomic E-state index is 6.35. The van der Waals surface area contributed by atoms with E-state index in [-0.39, 0.29) is 14.5 Å². The number of fused-ring (bicyclic) bond motifs is 8. The Bertz CT molecular complexity index is 2840. The first-order chi connectivity index (χ1) is 24.8. The molecule has 0 amide bonds. The average molecular weight is 706 g/mol. The van der Waals surface area contributed by atoms with Crippen LogP contribution in [-0.2, 0) is 0 Å². The molecule has 0 aliphatic heterocycles. The van der Waals surface area contributed by atoms with Gasteiger partial charge in [0.25, 0.3) is 0 Å². The van der Waals surface area contributed by atoms with E-state index in [1.807, 2.05) is 12.1 Å². The first-order valence-corrected chi connectivity index (χ1v) is 18.6. The van der Waals surface area contributed by atoms with E-state index in [0.29, 0.717) is 0 Å². The fourth-order valence-electron chi connectivity index (χ4n) is 7.37. The molecule has 2 heterocycles. The van der Waals surface area contributed by atoms with Crippen LogP contribution in [0.5, 0.6) is 0 Å². The molecule has 0 unspecified atom stereocenters. The van der Waals surface area contributed by atoms with Gasteiger partial charge >= 0.3 is 246 Å². The number of hydrogen-bond donors (Lipinski definition) is 0. The second kappa shape index (κ2) is 11.8. The fraction of sp³-hybridized carbons (Fsp3) is 0. The zero-order chi connectivity index (χ0) is 33.0. The number of para-hydroxylation sites is 3. The summed E-state index contributed by atoms with van der Waals surface area (Å²) in [5.41, 5.74) is 8.31. The van der Waals surface area contributed by atoms with E-state index in [1.165, 1.54) is 30.1 Å². The Morgan fingerprint density at radius 1 is 0.340 bits per heavy atom. The third-order valence-electron chi connectivity index (χ3n) is 9.61. The van der Waals surface area contributed by atoms with Gasteiger partial charge in [0, 0.05) is 10.8 Å². The third-order valence-corrected chi connectivity index (χ3v) is 12.2. The summed E-state index contributed by atoms with van der Waals surface area (Å²) in [5.74, 6) is 0. The van der Waals surface area contributed by atoms with Crippen LogP contribution in [0.15, 0.2) is 186 Å². The van der Waals surface area contributed by atoms with Crippen LogP contribution in [0.2, 0.25) is 0 Å². The van der Waals surface area contributed by atoms with Gasteiger partial charge < -0.3 is 4.42 Å². The van der Waals surface area contributed by atoms with Crippen LogP contribution < -0.4 is 9.80 Å². The van der Waals surface area contributed by atoms with Crippen LogP contribution in [0.25, 0.3) is 52.0 Å². The monoisotopic (exact) mass is 706 g/mol. The van der Waals surface area contributed by atoms with E-state index in [4.69, 9.17) is 4.42 Å². The Labute approximate surface area is 295 Å². The molecule has 0 atom stereocenters. The predicted octanol–water partition coefficient (Wildman–Crippen LogP) is 13.0. The third kappa shape index (κ3) is 4.73. The van der Waals surface area contributed by atoms with Gasteiger partial charge in [0.1, 0.15) is 5.58 Å². The molecule has 0 radical (unpaired) electrons. The van der Waals surface area contributed by atoms with Crippen molar-refractivity contribution in [3.05, 3.63) is 182 Å². The van der Waals surface area contributed by atoms with E-state index in [1.54, 1.807) is 0 Å². The van der Waals surface area contributed by atoms with Crippen LogP contribution in [0.1, 0.15) is 0 Å². The Balaban J connectivity index is 1.16. The van der Waals surface area contributed by atoms with Crippen molar-refractivity contribution in [2.45, 2.75) is 0 Å². The van der Waals surface area contributed by atoms with Gasteiger partial charge in [-0.2, -0.15) is 0 Å². The Kier molecular flexibility index (Phi) is 6.83. The summed E-state index contributed by atoms with van der Waals surface area (Å²) in [4.78, 5) is 4.72. The van der Waals surface area contributed by atoms with Crippen molar-refractivity contribution in [1.82, 2.24) is 0 Å². The number of benzene rings is 8. The standard InChI is InChI=1S/C46H30N2OSe/c1-3-13-31(14-4-1)47(35-25-26-38-37-19-7-9-23-43(37)49-44(38)30-35)33-17-11-18-34(29-33)48(32-15-5-2-6-16-32)42-22-12-21-40-36(42)27-28-41-39-20-8-10-24-45(39)50-46(40)41/h1-30H. The van der Waals surface area contributed by atoms with Crippen molar-refractivity contribution in [3.63, 3.8) is 0 Å². The van der Waals surface area contributed by atoms with Gasteiger partial charge in [-0.05, 0) is 6.07 Å². The molecule has 0 saturated heterocycles. The summed E-state index contributed by atoms with van der Waals surface area (Å²) >= 11 is 0.263. The summed E-state index contributed by atoms with van der Waals surface area (Å²) in [5, 5.41) is 7.59. The topological polar surface area (TPSA) is 19.6 Å². The minimum atomic E-state index is 0.263. The molecule has 4 heteroatoms. The quantitative estimate of drug-likeness (QED) is 0.161. The summed E-state index contributed by atoms with van der Waals surface area (Å²) in [7, 11) is 0. The summed E-state index contributed by atoms with van der Waals surface area (Å²) in [6.45, 7) is 0. The van der Waals surface area contributed by atoms with Crippen LogP contribution >= 0.6 is 0 Å². The molecule has 0 saturated carbocycles. The van der Waals surface area contributed by atoms with Gasteiger partial charge in [-0.15, -0.1) is 0 Å². The van der Waals surface area contributed by atoms with Gasteiger partial charge in [-0.3, -0.25) is 0 Å². The van der Waals surface area contributed by atoms with Gasteiger partial charge in [0.05, 0.1) is 0 Å². The average Bonchev–Trinajstić information content (AvgIpc) is 3.75. The van der Waals surface area contributed by atoms with Gasteiger partial charge in [0.15, 0.2) is 0 Å². The minimum absolute atomic E-state index is 0.263. The number of anilines is 6. The summed E-state index contributed by atoms with van der Waals surface area (Å²) in [6.07, 6.45) is 0. The first-order valence-electron chi connectivity index (χ1n) is 16.8. The van der Waals surface area contributed by atoms with Crippen LogP contribution in [-0.4, -0.2) is 14.5 Å². The van der Waals surface area contributed by atoms with Gasteiger partial charge in [0.2, 0.25) is 0 Å². The van der Waals surface area contributed by atoms with Crippen LogP contribution in [0.4, 0.5) is 34.1 Å². The molecule has 0 spiro atoms. The normalized spacial score (nSPS) is 11.6. The molecule has 0 aliphatic carbocycles. The van der Waals surface area contributed by atoms with Crippen LogP contribution in [0.3, 0.4) is 0 Å². The molecule has 10 rings (SSSR count). The van der Waals surface area contributed by atoms with E-state index >= 15 is 0 Å². The second-order valence-electron chi connectivity index (χ2n) is 12.6. The molecule has 0 bridgehead atoms. The van der Waals surface area contributed by atoms with Crippen molar-refractivity contribution in [2.24, 2.45) is 0 Å². The van der Waals surface area contributed by atoms with Gasteiger partial charge in [-0.25, -0.2) is 0 Å². The van der Waals surface area contributed by atoms with Crippen molar-refractivity contribution >= 4 is 101 Å². The molecule has 8 aromatic carbocycles. The molecule has 10 aromatic rings. The molecule has 3 nitrogen and oxygen atoms in total. The maximum atomic E-state index is 6.35. The Morgan fingerprint density at radius 3 is 1.70 bits per heavy atom. The molecule has 0 fully saturated rings. The van der Waals surface area contributed by atoms with Crippen molar-refractivity contribution in [2.75, 3.05) is 9.80 Å². The fourth-order valence-corrected chi connectivity index (χ4v) is 9.95. The molecule has 50 heavy (non-hydrogen) atoms. The van der Waals surface area contributed by atoms with Crippen LogP contribution in [0, 0.1) is 0 Å². The number of hydrogen-bond acceptors (Lipinski definition) is 3. The molecule has 236 valence electrons. The van der Waals surface area contributed by atoms with Crippen molar-refractivity contribution in [3.8, 4) is 0 Å². The second-order valence-corrected chi connectivity index (χ2v) is 14.8. The predicted molar refractivity (Wildman–Crippen MR) is 213 cm³/mol. The molecule has 2 aromatic heterocycles. The zero-order valence-corrected chi connectivity index (χ0v) is 28.7. The van der Waals surface area contributed by atoms with E-state index in [9.17, 15) is 0 Å². The van der Waals surface area contributed by atoms with E-state index in [0.717, 1.165) is 56.1 Å². The summed E-state index contributed by atoms with van der Waals surface area (Å²) < 4.78 is 9.28. The van der Waals surface area contributed by atoms with Gasteiger partial charge in [-0.1, -0.05) is 24.3 Å². The van der Waals surface area contributed by atoms with E-state index in [2.05, 4.69) is 180 Å². The number of furan rings is 1. The zero-order valence-electron chi connectivity index (χ0n) is 27.0. The molecular weight excluding hydrogens is 675 g/mol. The number of rotatable bonds is 6. The molecule has 0 N–H and O–H groups in total. The Morgan fingerprint density at radius 2 is 0.880 bits per heavy atom. The summed E-state index contributed by atoms with van der Waals surface area (Å²) in [6, 6.07) is 65.3.